The molecule has 4 rings (SSSR count). The minimum atomic E-state index is -0.354. The Morgan fingerprint density at radius 2 is 1.87 bits per heavy atom. The van der Waals surface area contributed by atoms with Crippen molar-refractivity contribution in [3.8, 4) is 0 Å². The molecule has 2 heterocycles. The predicted octanol–water partition coefficient (Wildman–Crippen LogP) is 3.87. The molecule has 2 aliphatic rings. The largest absolute Gasteiger partial charge is 0.298 e. The number of unbranched alkanes of at least 4 members (excludes halogenated alkanes) is 3. The van der Waals surface area contributed by atoms with E-state index < -0.39 is 0 Å². The maximum atomic E-state index is 13.1. The monoisotopic (exact) mass is 438 g/mol. The summed E-state index contributed by atoms with van der Waals surface area (Å²) in [7, 11) is 0. The van der Waals surface area contributed by atoms with Gasteiger partial charge in [0.1, 0.15) is 5.70 Å². The van der Waals surface area contributed by atoms with E-state index >= 15 is 0 Å². The summed E-state index contributed by atoms with van der Waals surface area (Å²) < 4.78 is 0. The lowest BCUT2D eigenvalue weighted by Gasteiger charge is -2.34. The van der Waals surface area contributed by atoms with Crippen LogP contribution in [0.3, 0.4) is 0 Å². The zero-order valence-electron chi connectivity index (χ0n) is 17.3. The van der Waals surface area contributed by atoms with Crippen molar-refractivity contribution < 1.29 is 4.79 Å². The molecule has 2 aromatic rings. The number of hydrogen-bond donors (Lipinski definition) is 1. The third-order valence-corrected chi connectivity index (χ3v) is 6.86. The molecule has 1 amide bonds. The average Bonchev–Trinajstić information content (AvgIpc) is 2.78. The van der Waals surface area contributed by atoms with Gasteiger partial charge in [-0.25, -0.2) is 5.01 Å². The second kappa shape index (κ2) is 9.71. The maximum Gasteiger partial charge on any atom is 0.276 e. The van der Waals surface area contributed by atoms with E-state index in [1.54, 1.807) is 28.5 Å². The van der Waals surface area contributed by atoms with Crippen molar-refractivity contribution in [2.24, 2.45) is 10.1 Å². The number of hydrogen-bond acceptors (Lipinski definition) is 6. The number of thioether (sulfide) groups is 2. The first-order chi connectivity index (χ1) is 14.7. The van der Waals surface area contributed by atoms with Gasteiger partial charge in [0.25, 0.3) is 5.91 Å². The van der Waals surface area contributed by atoms with E-state index in [0.29, 0.717) is 10.9 Å². The van der Waals surface area contributed by atoms with Crippen molar-refractivity contribution in [3.05, 3.63) is 64.7 Å². The summed E-state index contributed by atoms with van der Waals surface area (Å²) in [6, 6.07) is 16.1. The third-order valence-electron chi connectivity index (χ3n) is 5.17. The number of carbonyl (C=O) groups excluding carboxylic acids is 1. The van der Waals surface area contributed by atoms with E-state index in [9.17, 15) is 4.79 Å². The molecule has 1 atom stereocenters. The smallest absolute Gasteiger partial charge is 0.276 e. The average molecular weight is 439 g/mol. The molecule has 2 aromatic carbocycles. The highest BCUT2D eigenvalue weighted by Crippen LogP contribution is 2.31. The Hall–Kier alpha value is -2.25. The number of carbonyl (C=O) groups is 1. The first-order valence-electron chi connectivity index (χ1n) is 10.3. The number of fused-ring (bicyclic) bond motifs is 2. The fourth-order valence-corrected chi connectivity index (χ4v) is 4.84. The van der Waals surface area contributed by atoms with Crippen LogP contribution in [0.1, 0.15) is 44.3 Å². The molecule has 7 heteroatoms. The normalized spacial score (nSPS) is 17.6. The molecule has 0 saturated carbocycles. The lowest BCUT2D eigenvalue weighted by atomic mass is 10.1. The summed E-state index contributed by atoms with van der Waals surface area (Å²) in [5.41, 5.74) is 1.58. The van der Waals surface area contributed by atoms with Crippen LogP contribution in [-0.4, -0.2) is 28.1 Å². The topological polar surface area (TPSA) is 57.1 Å². The number of rotatable bonds is 7. The Labute approximate surface area is 185 Å². The van der Waals surface area contributed by atoms with Gasteiger partial charge in [0, 0.05) is 15.9 Å². The summed E-state index contributed by atoms with van der Waals surface area (Å²) in [5.74, 6) is 0.831. The summed E-state index contributed by atoms with van der Waals surface area (Å²) in [6.07, 6.45) is 6.49. The molecule has 0 fully saturated rings. The molecular formula is C23H26N4OS2. The molecule has 0 radical (unpaired) electrons. The van der Waals surface area contributed by atoms with Gasteiger partial charge in [-0.3, -0.25) is 15.1 Å². The van der Waals surface area contributed by atoms with Gasteiger partial charge in [0.15, 0.2) is 11.3 Å². The molecule has 0 aliphatic carbocycles. The Balaban J connectivity index is 1.69. The lowest BCUT2D eigenvalue weighted by Crippen LogP contribution is -2.50. The molecule has 5 nitrogen and oxygen atoms in total. The molecule has 0 unspecified atom stereocenters. The van der Waals surface area contributed by atoms with Crippen LogP contribution in [0.5, 0.6) is 0 Å². The number of nitrogens with zero attached hydrogens (tertiary/aromatic N) is 3. The van der Waals surface area contributed by atoms with Crippen molar-refractivity contribution in [2.75, 3.05) is 12.0 Å². The molecule has 0 bridgehead atoms. The molecule has 156 valence electrons. The highest BCUT2D eigenvalue weighted by molar-refractivity contribution is 8.13. The molecule has 0 saturated heterocycles. The Kier molecular flexibility index (Phi) is 6.79. The standard InChI is InChI=1S/C23H26N4OS2/c1-3-4-5-8-15-30-23-25-22(28)20-18-9-6-7-10-19(18)24-21(27(20)26-23)16-11-13-17(29-2)14-12-16/h6-7,9-14,21H,3-5,8,15H2,1-2H3,(H,25,26,28)/t21-/m1/s1. The fourth-order valence-electron chi connectivity index (χ4n) is 3.58. The number of amides is 1. The van der Waals surface area contributed by atoms with Crippen molar-refractivity contribution >= 4 is 40.3 Å². The van der Waals surface area contributed by atoms with Crippen LogP contribution in [0.4, 0.5) is 0 Å². The first kappa shape index (κ1) is 21.0. The van der Waals surface area contributed by atoms with Gasteiger partial charge in [-0.2, -0.15) is 0 Å². The van der Waals surface area contributed by atoms with Crippen LogP contribution in [0.2, 0.25) is 0 Å². The summed E-state index contributed by atoms with van der Waals surface area (Å²) in [4.78, 5) is 19.2. The molecule has 2 aliphatic heterocycles. The SMILES string of the molecule is CCCCCCSC1=NN2C(=c3ccccc3=N[C@H]2c2ccc(SC)cc2)C(=O)N1. The Morgan fingerprint density at radius 1 is 1.07 bits per heavy atom. The zero-order valence-corrected chi connectivity index (χ0v) is 18.9. The van der Waals surface area contributed by atoms with Crippen LogP contribution in [0.25, 0.3) is 5.70 Å². The first-order valence-corrected chi connectivity index (χ1v) is 12.6. The van der Waals surface area contributed by atoms with Gasteiger partial charge in [-0.1, -0.05) is 68.3 Å². The van der Waals surface area contributed by atoms with E-state index in [4.69, 9.17) is 10.1 Å². The number of amidine groups is 1. The number of hydrazone groups is 1. The predicted molar refractivity (Wildman–Crippen MR) is 126 cm³/mol. The van der Waals surface area contributed by atoms with Crippen molar-refractivity contribution in [3.63, 3.8) is 0 Å². The highest BCUT2D eigenvalue weighted by atomic mass is 32.2. The van der Waals surface area contributed by atoms with Crippen LogP contribution < -0.4 is 15.9 Å². The molecule has 0 spiro atoms. The molecule has 0 aromatic heterocycles. The van der Waals surface area contributed by atoms with E-state index in [2.05, 4.69) is 42.8 Å². The van der Waals surface area contributed by atoms with Crippen LogP contribution in [-0.2, 0) is 4.79 Å². The van der Waals surface area contributed by atoms with Gasteiger partial charge in [0.05, 0.1) is 5.36 Å². The van der Waals surface area contributed by atoms with Crippen molar-refractivity contribution in [2.45, 2.75) is 43.7 Å². The summed E-state index contributed by atoms with van der Waals surface area (Å²) in [5, 5.41) is 11.9. The molecule has 30 heavy (non-hydrogen) atoms. The number of benzene rings is 2. The second-order valence-corrected chi connectivity index (χ2v) is 9.22. The highest BCUT2D eigenvalue weighted by Gasteiger charge is 2.34. The van der Waals surface area contributed by atoms with Gasteiger partial charge >= 0.3 is 0 Å². The van der Waals surface area contributed by atoms with E-state index in [1.165, 1.54) is 24.2 Å². The Morgan fingerprint density at radius 3 is 2.63 bits per heavy atom. The minimum Gasteiger partial charge on any atom is -0.298 e. The minimum absolute atomic E-state index is 0.117. The van der Waals surface area contributed by atoms with Crippen LogP contribution in [0.15, 0.2) is 63.5 Å². The molecule has 1 N–H and O–H groups in total. The van der Waals surface area contributed by atoms with Gasteiger partial charge in [-0.05, 0) is 36.4 Å². The maximum absolute atomic E-state index is 13.1. The van der Waals surface area contributed by atoms with Gasteiger partial charge < -0.3 is 0 Å². The lowest BCUT2D eigenvalue weighted by molar-refractivity contribution is -0.116. The second-order valence-electron chi connectivity index (χ2n) is 7.25. The quantitative estimate of drug-likeness (QED) is 0.527. The third kappa shape index (κ3) is 4.42. The molecular weight excluding hydrogens is 412 g/mol. The summed E-state index contributed by atoms with van der Waals surface area (Å²) in [6.45, 7) is 2.21. The van der Waals surface area contributed by atoms with Gasteiger partial charge in [0.2, 0.25) is 0 Å². The number of nitrogens with one attached hydrogen (secondary N) is 1. The fraction of sp³-hybridized carbons (Fsp3) is 0.348. The summed E-state index contributed by atoms with van der Waals surface area (Å²) >= 11 is 3.32. The van der Waals surface area contributed by atoms with Gasteiger partial charge in [-0.15, -0.1) is 16.9 Å². The van der Waals surface area contributed by atoms with Crippen molar-refractivity contribution in [1.82, 2.24) is 10.3 Å². The number of para-hydroxylation sites is 1. The zero-order chi connectivity index (χ0) is 20.9. The van der Waals surface area contributed by atoms with E-state index in [-0.39, 0.29) is 12.1 Å². The van der Waals surface area contributed by atoms with Crippen LogP contribution >= 0.6 is 23.5 Å². The van der Waals surface area contributed by atoms with E-state index in [1.807, 2.05) is 24.3 Å². The Bertz CT molecular complexity index is 1070. The van der Waals surface area contributed by atoms with Crippen molar-refractivity contribution in [1.29, 1.82) is 0 Å². The van der Waals surface area contributed by atoms with Crippen LogP contribution in [0, 0.1) is 0 Å². The van der Waals surface area contributed by atoms with E-state index in [0.717, 1.165) is 28.3 Å².